The van der Waals surface area contributed by atoms with Crippen LogP contribution >= 0.6 is 0 Å². The summed E-state index contributed by atoms with van der Waals surface area (Å²) in [5, 5.41) is 19.1. The molecule has 104 valence electrons. The quantitative estimate of drug-likeness (QED) is 0.766. The number of hydrogen-bond donors (Lipinski definition) is 2. The Morgan fingerprint density at radius 1 is 1.60 bits per heavy atom. The molecule has 0 heterocycles. The third-order valence-electron chi connectivity index (χ3n) is 3.74. The Balaban J connectivity index is 2.38. The number of primary amides is 1. The van der Waals surface area contributed by atoms with Crippen LogP contribution in [0.15, 0.2) is 12.1 Å². The number of aliphatic hydroxyl groups is 1. The standard InChI is InChI=1S/C15H16N2O3/c1-15(20,14(17)19)6-9-2-11-4-10(8-18)5-13(11)12(3-9)7-16/h2-3,8,10,20H,4-6H2,1H3,(H2,17,19). The number of carbonyl (C=O) groups is 2. The van der Waals surface area contributed by atoms with E-state index < -0.39 is 11.5 Å². The van der Waals surface area contributed by atoms with Gasteiger partial charge in [0.25, 0.3) is 0 Å². The molecule has 0 aliphatic heterocycles. The predicted molar refractivity (Wildman–Crippen MR) is 71.6 cm³/mol. The SMILES string of the molecule is CC(O)(Cc1cc(C#N)c2c(c1)CC(C=O)C2)C(N)=O. The Kier molecular flexibility index (Phi) is 3.60. The normalized spacial score (nSPS) is 19.8. The van der Waals surface area contributed by atoms with E-state index in [2.05, 4.69) is 6.07 Å². The van der Waals surface area contributed by atoms with Crippen LogP contribution in [0.2, 0.25) is 0 Å². The molecule has 20 heavy (non-hydrogen) atoms. The predicted octanol–water partition coefficient (Wildman–Crippen LogP) is 0.251. The zero-order valence-electron chi connectivity index (χ0n) is 11.2. The molecule has 0 saturated carbocycles. The molecule has 0 bridgehead atoms. The maximum absolute atomic E-state index is 11.2. The summed E-state index contributed by atoms with van der Waals surface area (Å²) in [7, 11) is 0. The van der Waals surface area contributed by atoms with Crippen molar-refractivity contribution < 1.29 is 14.7 Å². The van der Waals surface area contributed by atoms with Crippen LogP contribution in [0.1, 0.15) is 29.2 Å². The Morgan fingerprint density at radius 2 is 2.30 bits per heavy atom. The average Bonchev–Trinajstić information content (AvgIpc) is 2.80. The Labute approximate surface area is 117 Å². The number of fused-ring (bicyclic) bond motifs is 1. The lowest BCUT2D eigenvalue weighted by Crippen LogP contribution is -2.42. The first-order chi connectivity index (χ1) is 9.37. The molecule has 1 aliphatic carbocycles. The summed E-state index contributed by atoms with van der Waals surface area (Å²) in [5.41, 5.74) is 6.51. The van der Waals surface area contributed by atoms with E-state index in [1.165, 1.54) is 6.92 Å². The minimum Gasteiger partial charge on any atom is -0.380 e. The first kappa shape index (κ1) is 14.2. The second kappa shape index (κ2) is 5.06. The molecule has 1 aliphatic rings. The Bertz CT molecular complexity index is 614. The minimum absolute atomic E-state index is 0.0516. The van der Waals surface area contributed by atoms with Gasteiger partial charge in [-0.25, -0.2) is 0 Å². The van der Waals surface area contributed by atoms with E-state index in [1.54, 1.807) is 6.07 Å². The zero-order valence-corrected chi connectivity index (χ0v) is 11.2. The number of nitriles is 1. The number of nitrogens with two attached hydrogens (primary N) is 1. The topological polar surface area (TPSA) is 104 Å². The van der Waals surface area contributed by atoms with Crippen molar-refractivity contribution >= 4 is 12.2 Å². The van der Waals surface area contributed by atoms with Gasteiger partial charge in [-0.1, -0.05) is 6.07 Å². The number of benzene rings is 1. The van der Waals surface area contributed by atoms with Crippen LogP contribution < -0.4 is 5.73 Å². The highest BCUT2D eigenvalue weighted by molar-refractivity contribution is 5.83. The molecule has 0 fully saturated rings. The lowest BCUT2D eigenvalue weighted by molar-refractivity contribution is -0.134. The molecule has 5 nitrogen and oxygen atoms in total. The van der Waals surface area contributed by atoms with Crippen molar-refractivity contribution in [3.05, 3.63) is 34.4 Å². The van der Waals surface area contributed by atoms with Crippen LogP contribution in [-0.4, -0.2) is 22.9 Å². The first-order valence-corrected chi connectivity index (χ1v) is 6.39. The van der Waals surface area contributed by atoms with E-state index in [0.29, 0.717) is 24.0 Å². The lowest BCUT2D eigenvalue weighted by atomic mass is 9.92. The molecule has 0 aromatic heterocycles. The summed E-state index contributed by atoms with van der Waals surface area (Å²) in [6.07, 6.45) is 2.13. The number of rotatable bonds is 4. The van der Waals surface area contributed by atoms with E-state index in [-0.39, 0.29) is 12.3 Å². The van der Waals surface area contributed by atoms with Gasteiger partial charge in [-0.3, -0.25) is 4.79 Å². The van der Waals surface area contributed by atoms with Crippen LogP contribution in [0.3, 0.4) is 0 Å². The number of hydrogen-bond acceptors (Lipinski definition) is 4. The highest BCUT2D eigenvalue weighted by Gasteiger charge is 2.30. The maximum atomic E-state index is 11.2. The van der Waals surface area contributed by atoms with E-state index in [9.17, 15) is 20.0 Å². The molecule has 1 amide bonds. The van der Waals surface area contributed by atoms with Crippen LogP contribution in [0.5, 0.6) is 0 Å². The molecule has 1 aromatic carbocycles. The summed E-state index contributed by atoms with van der Waals surface area (Å²) >= 11 is 0. The fraction of sp³-hybridized carbons (Fsp3) is 0.400. The lowest BCUT2D eigenvalue weighted by Gasteiger charge is -2.19. The van der Waals surface area contributed by atoms with E-state index >= 15 is 0 Å². The van der Waals surface area contributed by atoms with Crippen molar-refractivity contribution in [3.8, 4) is 6.07 Å². The number of nitrogens with zero attached hydrogens (tertiary/aromatic N) is 1. The molecule has 0 radical (unpaired) electrons. The fourth-order valence-corrected chi connectivity index (χ4v) is 2.62. The van der Waals surface area contributed by atoms with Gasteiger partial charge in [-0.05, 0) is 42.5 Å². The van der Waals surface area contributed by atoms with Gasteiger partial charge in [0, 0.05) is 12.3 Å². The summed E-state index contributed by atoms with van der Waals surface area (Å²) in [6, 6.07) is 5.61. The van der Waals surface area contributed by atoms with Crippen molar-refractivity contribution in [2.24, 2.45) is 11.7 Å². The highest BCUT2D eigenvalue weighted by Crippen LogP contribution is 2.30. The third-order valence-corrected chi connectivity index (χ3v) is 3.74. The average molecular weight is 272 g/mol. The molecule has 0 spiro atoms. The van der Waals surface area contributed by atoms with Crippen LogP contribution in [0.4, 0.5) is 0 Å². The minimum atomic E-state index is -1.65. The van der Waals surface area contributed by atoms with Gasteiger partial charge < -0.3 is 15.6 Å². The van der Waals surface area contributed by atoms with Crippen LogP contribution in [0.25, 0.3) is 0 Å². The van der Waals surface area contributed by atoms with Crippen molar-refractivity contribution in [1.82, 2.24) is 0 Å². The van der Waals surface area contributed by atoms with Gasteiger partial charge in [0.2, 0.25) is 5.91 Å². The van der Waals surface area contributed by atoms with Gasteiger partial charge in [0.05, 0.1) is 11.6 Å². The molecule has 3 N–H and O–H groups in total. The maximum Gasteiger partial charge on any atom is 0.249 e. The van der Waals surface area contributed by atoms with Crippen molar-refractivity contribution in [1.29, 1.82) is 5.26 Å². The monoisotopic (exact) mass is 272 g/mol. The molecule has 2 rings (SSSR count). The second-order valence-corrected chi connectivity index (χ2v) is 5.51. The molecule has 1 aromatic rings. The molecule has 5 heteroatoms. The van der Waals surface area contributed by atoms with E-state index in [1.807, 2.05) is 6.07 Å². The fourth-order valence-electron chi connectivity index (χ4n) is 2.62. The van der Waals surface area contributed by atoms with Gasteiger partial charge >= 0.3 is 0 Å². The molecule has 0 saturated heterocycles. The van der Waals surface area contributed by atoms with E-state index in [4.69, 9.17) is 5.73 Å². The van der Waals surface area contributed by atoms with Crippen molar-refractivity contribution in [2.75, 3.05) is 0 Å². The summed E-state index contributed by atoms with van der Waals surface area (Å²) in [5.74, 6) is -0.897. The van der Waals surface area contributed by atoms with Gasteiger partial charge in [0.15, 0.2) is 0 Å². The zero-order chi connectivity index (χ0) is 14.9. The number of aldehydes is 1. The van der Waals surface area contributed by atoms with E-state index in [0.717, 1.165) is 17.4 Å². The van der Waals surface area contributed by atoms with Crippen molar-refractivity contribution in [3.63, 3.8) is 0 Å². The number of amides is 1. The molecular weight excluding hydrogens is 256 g/mol. The summed E-state index contributed by atoms with van der Waals surface area (Å²) in [4.78, 5) is 22.1. The van der Waals surface area contributed by atoms with Crippen molar-refractivity contribution in [2.45, 2.75) is 31.8 Å². The smallest absolute Gasteiger partial charge is 0.249 e. The largest absolute Gasteiger partial charge is 0.380 e. The third kappa shape index (κ3) is 2.56. The van der Waals surface area contributed by atoms with Gasteiger partial charge in [0.1, 0.15) is 11.9 Å². The van der Waals surface area contributed by atoms with Crippen LogP contribution in [-0.2, 0) is 28.9 Å². The highest BCUT2D eigenvalue weighted by atomic mass is 16.3. The summed E-state index contributed by atoms with van der Waals surface area (Å²) in [6.45, 7) is 1.35. The first-order valence-electron chi connectivity index (χ1n) is 6.39. The van der Waals surface area contributed by atoms with Gasteiger partial charge in [-0.15, -0.1) is 0 Å². The Hall–Kier alpha value is -2.19. The number of carbonyl (C=O) groups excluding carboxylic acids is 2. The van der Waals surface area contributed by atoms with Gasteiger partial charge in [-0.2, -0.15) is 5.26 Å². The summed E-state index contributed by atoms with van der Waals surface area (Å²) < 4.78 is 0. The molecular formula is C15H16N2O3. The molecule has 2 atom stereocenters. The Morgan fingerprint density at radius 3 is 2.85 bits per heavy atom. The molecule has 2 unspecified atom stereocenters. The second-order valence-electron chi connectivity index (χ2n) is 5.51. The van der Waals surface area contributed by atoms with Crippen LogP contribution in [0, 0.1) is 17.2 Å².